The van der Waals surface area contributed by atoms with Crippen LogP contribution in [0.2, 0.25) is 0 Å². The average Bonchev–Trinajstić information content (AvgIpc) is 2.15. The standard InChI is InChI=1S/C10H13O3P/c1-13-10(11)8-4-6-9(7-5-8)14(2,3)12/h4-7H,1-3H3. The van der Waals surface area contributed by atoms with Crippen molar-refractivity contribution in [2.75, 3.05) is 20.4 Å². The van der Waals surface area contributed by atoms with Crippen LogP contribution in [0.3, 0.4) is 0 Å². The van der Waals surface area contributed by atoms with Crippen molar-refractivity contribution in [3.8, 4) is 0 Å². The maximum Gasteiger partial charge on any atom is 0.337 e. The first-order chi connectivity index (χ1) is 6.45. The van der Waals surface area contributed by atoms with Gasteiger partial charge in [-0.3, -0.25) is 0 Å². The lowest BCUT2D eigenvalue weighted by molar-refractivity contribution is 0.0601. The monoisotopic (exact) mass is 212 g/mol. The molecule has 0 unspecified atom stereocenters. The predicted octanol–water partition coefficient (Wildman–Crippen LogP) is 1.72. The van der Waals surface area contributed by atoms with Gasteiger partial charge in [0.25, 0.3) is 0 Å². The molecule has 0 bridgehead atoms. The summed E-state index contributed by atoms with van der Waals surface area (Å²) in [6.45, 7) is 3.39. The maximum atomic E-state index is 11.7. The van der Waals surface area contributed by atoms with E-state index in [2.05, 4.69) is 4.74 Å². The molecular formula is C10H13O3P. The molecule has 0 atom stereocenters. The van der Waals surface area contributed by atoms with Gasteiger partial charge >= 0.3 is 5.97 Å². The number of hydrogen-bond donors (Lipinski definition) is 0. The molecule has 14 heavy (non-hydrogen) atoms. The Morgan fingerprint density at radius 1 is 1.21 bits per heavy atom. The van der Waals surface area contributed by atoms with Crippen molar-refractivity contribution < 1.29 is 14.1 Å². The highest BCUT2D eigenvalue weighted by molar-refractivity contribution is 7.70. The minimum absolute atomic E-state index is 0.376. The van der Waals surface area contributed by atoms with E-state index in [-0.39, 0.29) is 5.97 Å². The predicted molar refractivity (Wildman–Crippen MR) is 56.9 cm³/mol. The Balaban J connectivity index is 3.01. The summed E-state index contributed by atoms with van der Waals surface area (Å²) in [6.07, 6.45) is 0. The summed E-state index contributed by atoms with van der Waals surface area (Å²) in [4.78, 5) is 11.1. The van der Waals surface area contributed by atoms with Gasteiger partial charge in [0.05, 0.1) is 12.7 Å². The summed E-state index contributed by atoms with van der Waals surface area (Å²) in [5, 5.41) is 0.769. The van der Waals surface area contributed by atoms with Crippen LogP contribution in [0.15, 0.2) is 24.3 Å². The van der Waals surface area contributed by atoms with Gasteiger partial charge in [0.2, 0.25) is 0 Å². The van der Waals surface area contributed by atoms with Crippen LogP contribution in [-0.2, 0) is 9.30 Å². The Hall–Kier alpha value is -1.08. The van der Waals surface area contributed by atoms with Gasteiger partial charge in [-0.15, -0.1) is 0 Å². The Morgan fingerprint density at radius 3 is 2.07 bits per heavy atom. The van der Waals surface area contributed by atoms with E-state index in [1.807, 2.05) is 0 Å². The van der Waals surface area contributed by atoms with Crippen molar-refractivity contribution in [2.45, 2.75) is 0 Å². The summed E-state index contributed by atoms with van der Waals surface area (Å²) in [5.41, 5.74) is 0.477. The minimum atomic E-state index is -2.23. The topological polar surface area (TPSA) is 43.4 Å². The number of ether oxygens (including phenoxy) is 1. The van der Waals surface area contributed by atoms with Crippen molar-refractivity contribution in [3.63, 3.8) is 0 Å². The number of rotatable bonds is 2. The summed E-state index contributed by atoms with van der Waals surface area (Å²) >= 11 is 0. The van der Waals surface area contributed by atoms with Crippen molar-refractivity contribution >= 4 is 18.4 Å². The van der Waals surface area contributed by atoms with E-state index >= 15 is 0 Å². The molecule has 0 aromatic heterocycles. The van der Waals surface area contributed by atoms with Crippen molar-refractivity contribution in [1.29, 1.82) is 0 Å². The molecule has 0 saturated heterocycles. The third kappa shape index (κ3) is 2.46. The third-order valence-corrected chi connectivity index (χ3v) is 3.45. The van der Waals surface area contributed by atoms with E-state index in [4.69, 9.17) is 0 Å². The van der Waals surface area contributed by atoms with Crippen LogP contribution in [0, 0.1) is 0 Å². The lowest BCUT2D eigenvalue weighted by Gasteiger charge is -2.06. The van der Waals surface area contributed by atoms with Gasteiger partial charge in [-0.2, -0.15) is 0 Å². The molecule has 0 aliphatic rings. The van der Waals surface area contributed by atoms with E-state index in [0.29, 0.717) is 5.56 Å². The van der Waals surface area contributed by atoms with Crippen LogP contribution in [0.25, 0.3) is 0 Å². The van der Waals surface area contributed by atoms with E-state index in [9.17, 15) is 9.36 Å². The average molecular weight is 212 g/mol. The van der Waals surface area contributed by atoms with E-state index in [1.54, 1.807) is 37.6 Å². The SMILES string of the molecule is COC(=O)c1ccc(P(C)(C)=O)cc1. The molecular weight excluding hydrogens is 199 g/mol. The molecule has 4 heteroatoms. The first-order valence-electron chi connectivity index (χ1n) is 4.19. The number of esters is 1. The lowest BCUT2D eigenvalue weighted by atomic mass is 10.2. The molecule has 0 radical (unpaired) electrons. The van der Waals surface area contributed by atoms with Crippen LogP contribution in [-0.4, -0.2) is 26.4 Å². The first kappa shape index (κ1) is 11.0. The molecule has 1 aromatic carbocycles. The van der Waals surface area contributed by atoms with Crippen molar-refractivity contribution in [3.05, 3.63) is 29.8 Å². The van der Waals surface area contributed by atoms with Crippen LogP contribution < -0.4 is 5.30 Å². The molecule has 0 saturated carbocycles. The number of benzene rings is 1. The highest BCUT2D eigenvalue weighted by Gasteiger charge is 2.11. The smallest absolute Gasteiger partial charge is 0.337 e. The third-order valence-electron chi connectivity index (χ3n) is 1.91. The fourth-order valence-electron chi connectivity index (χ4n) is 1.07. The van der Waals surface area contributed by atoms with Crippen LogP contribution in [0.4, 0.5) is 0 Å². The Bertz CT molecular complexity index is 375. The summed E-state index contributed by atoms with van der Waals surface area (Å²) in [6, 6.07) is 6.65. The zero-order valence-electron chi connectivity index (χ0n) is 8.48. The minimum Gasteiger partial charge on any atom is -0.465 e. The number of carbonyl (C=O) groups is 1. The fraction of sp³-hybridized carbons (Fsp3) is 0.300. The van der Waals surface area contributed by atoms with Gasteiger partial charge < -0.3 is 9.30 Å². The van der Waals surface area contributed by atoms with Crippen LogP contribution in [0.5, 0.6) is 0 Å². The molecule has 0 amide bonds. The van der Waals surface area contributed by atoms with Crippen LogP contribution >= 0.6 is 7.14 Å². The Morgan fingerprint density at radius 2 is 1.71 bits per heavy atom. The molecule has 1 rings (SSSR count). The molecule has 0 spiro atoms. The second kappa shape index (κ2) is 3.97. The maximum absolute atomic E-state index is 11.7. The normalized spacial score (nSPS) is 11.1. The lowest BCUT2D eigenvalue weighted by Crippen LogP contribution is -2.06. The van der Waals surface area contributed by atoms with E-state index < -0.39 is 7.14 Å². The van der Waals surface area contributed by atoms with E-state index in [0.717, 1.165) is 5.30 Å². The quantitative estimate of drug-likeness (QED) is 0.553. The van der Waals surface area contributed by atoms with Crippen molar-refractivity contribution in [1.82, 2.24) is 0 Å². The molecule has 0 aliphatic heterocycles. The Labute approximate surface area is 83.5 Å². The summed E-state index contributed by atoms with van der Waals surface area (Å²) in [7, 11) is -0.895. The number of hydrogen-bond acceptors (Lipinski definition) is 3. The largest absolute Gasteiger partial charge is 0.465 e. The molecule has 0 heterocycles. The first-order valence-corrected chi connectivity index (χ1v) is 6.79. The second-order valence-electron chi connectivity index (χ2n) is 3.39. The van der Waals surface area contributed by atoms with Gasteiger partial charge in [-0.05, 0) is 25.5 Å². The highest BCUT2D eigenvalue weighted by Crippen LogP contribution is 2.34. The van der Waals surface area contributed by atoms with Gasteiger partial charge in [0.15, 0.2) is 0 Å². The van der Waals surface area contributed by atoms with Gasteiger partial charge in [0, 0.05) is 5.30 Å². The fourth-order valence-corrected chi connectivity index (χ4v) is 1.94. The van der Waals surface area contributed by atoms with Gasteiger partial charge in [-0.25, -0.2) is 4.79 Å². The summed E-state index contributed by atoms with van der Waals surface area (Å²) < 4.78 is 16.2. The van der Waals surface area contributed by atoms with Crippen LogP contribution in [0.1, 0.15) is 10.4 Å². The summed E-state index contributed by atoms with van der Waals surface area (Å²) in [5.74, 6) is -0.376. The molecule has 1 aromatic rings. The molecule has 76 valence electrons. The highest BCUT2D eigenvalue weighted by atomic mass is 31.2. The Kier molecular flexibility index (Phi) is 3.12. The molecule has 0 aliphatic carbocycles. The molecule has 3 nitrogen and oxygen atoms in total. The van der Waals surface area contributed by atoms with Gasteiger partial charge in [0.1, 0.15) is 7.14 Å². The second-order valence-corrected chi connectivity index (χ2v) is 6.61. The molecule has 0 fully saturated rings. The van der Waals surface area contributed by atoms with Gasteiger partial charge in [-0.1, -0.05) is 12.1 Å². The zero-order chi connectivity index (χ0) is 10.8. The van der Waals surface area contributed by atoms with Crippen molar-refractivity contribution in [2.24, 2.45) is 0 Å². The number of methoxy groups -OCH3 is 1. The van der Waals surface area contributed by atoms with E-state index in [1.165, 1.54) is 7.11 Å². The molecule has 0 N–H and O–H groups in total. The zero-order valence-corrected chi connectivity index (χ0v) is 9.38. The number of carbonyl (C=O) groups excluding carboxylic acids is 1.